The van der Waals surface area contributed by atoms with E-state index in [1.165, 1.54) is 6.07 Å². The molecular weight excluding hydrogens is 451 g/mol. The minimum atomic E-state index is -4.60. The summed E-state index contributed by atoms with van der Waals surface area (Å²) in [6.45, 7) is 2.23. The number of aromatic nitrogens is 3. The highest BCUT2D eigenvalue weighted by atomic mass is 19.4. The fraction of sp³-hybridized carbons (Fsp3) is 0.130. The number of pyridine rings is 2. The number of carboxylic acid groups (broad SMARTS) is 1. The third kappa shape index (κ3) is 4.98. The fourth-order valence-electron chi connectivity index (χ4n) is 3.28. The van der Waals surface area contributed by atoms with Crippen LogP contribution < -0.4 is 10.6 Å². The number of benzene rings is 1. The molecule has 0 aliphatic heterocycles. The molecule has 8 nitrogen and oxygen atoms in total. The van der Waals surface area contributed by atoms with Gasteiger partial charge in [0.05, 0.1) is 11.1 Å². The summed E-state index contributed by atoms with van der Waals surface area (Å²) in [5, 5.41) is 15.6. The molecule has 1 aromatic carbocycles. The van der Waals surface area contributed by atoms with Crippen molar-refractivity contribution in [2.24, 2.45) is 0 Å². The number of halogens is 3. The first-order valence-electron chi connectivity index (χ1n) is 9.99. The molecular formula is C23H18F3N5O3. The van der Waals surface area contributed by atoms with Crippen molar-refractivity contribution in [1.29, 1.82) is 0 Å². The Morgan fingerprint density at radius 3 is 2.62 bits per heavy atom. The van der Waals surface area contributed by atoms with Crippen molar-refractivity contribution in [2.45, 2.75) is 19.6 Å². The van der Waals surface area contributed by atoms with Crippen LogP contribution in [0, 0.1) is 6.92 Å². The number of nitrogens with one attached hydrogen (secondary N) is 3. The molecule has 1 amide bonds. The number of alkyl halides is 3. The van der Waals surface area contributed by atoms with Crippen LogP contribution in [0.25, 0.3) is 11.0 Å². The number of aromatic amines is 1. The van der Waals surface area contributed by atoms with Crippen molar-refractivity contribution < 1.29 is 27.9 Å². The normalized spacial score (nSPS) is 11.4. The molecule has 4 aromatic rings. The van der Waals surface area contributed by atoms with Crippen molar-refractivity contribution in [1.82, 2.24) is 15.0 Å². The zero-order valence-electron chi connectivity index (χ0n) is 17.7. The van der Waals surface area contributed by atoms with Crippen molar-refractivity contribution >= 4 is 34.3 Å². The number of aromatic carboxylic acids is 1. The van der Waals surface area contributed by atoms with E-state index >= 15 is 0 Å². The summed E-state index contributed by atoms with van der Waals surface area (Å²) in [5.41, 5.74) is 2.05. The molecule has 0 aliphatic rings. The topological polar surface area (TPSA) is 120 Å². The van der Waals surface area contributed by atoms with Crippen molar-refractivity contribution in [2.75, 3.05) is 10.6 Å². The molecule has 0 radical (unpaired) electrons. The second kappa shape index (κ2) is 8.85. The number of nitrogens with zero attached hydrogens (tertiary/aromatic N) is 2. The number of hydrogen-bond donors (Lipinski definition) is 4. The van der Waals surface area contributed by atoms with E-state index in [4.69, 9.17) is 5.11 Å². The monoisotopic (exact) mass is 469 g/mol. The van der Waals surface area contributed by atoms with Crippen LogP contribution in [0.5, 0.6) is 0 Å². The maximum absolute atomic E-state index is 12.9. The number of carboxylic acids is 1. The summed E-state index contributed by atoms with van der Waals surface area (Å²) in [7, 11) is 0. The number of H-pyrrole nitrogens is 1. The van der Waals surface area contributed by atoms with Gasteiger partial charge < -0.3 is 20.7 Å². The third-order valence-corrected chi connectivity index (χ3v) is 5.06. The summed E-state index contributed by atoms with van der Waals surface area (Å²) in [4.78, 5) is 34.0. The highest BCUT2D eigenvalue weighted by Crippen LogP contribution is 2.29. The maximum atomic E-state index is 12.9. The number of fused-ring (bicyclic) bond motifs is 1. The molecule has 34 heavy (non-hydrogen) atoms. The maximum Gasteiger partial charge on any atom is 0.417 e. The van der Waals surface area contributed by atoms with E-state index in [1.807, 2.05) is 6.92 Å². The smallest absolute Gasteiger partial charge is 0.417 e. The number of rotatable bonds is 6. The lowest BCUT2D eigenvalue weighted by molar-refractivity contribution is -0.137. The number of anilines is 2. The van der Waals surface area contributed by atoms with Gasteiger partial charge in [0, 0.05) is 41.9 Å². The van der Waals surface area contributed by atoms with Gasteiger partial charge in [0.15, 0.2) is 0 Å². The van der Waals surface area contributed by atoms with Crippen LogP contribution in [0.15, 0.2) is 55.0 Å². The van der Waals surface area contributed by atoms with Gasteiger partial charge in [-0.3, -0.25) is 9.78 Å². The van der Waals surface area contributed by atoms with E-state index in [-0.39, 0.29) is 11.3 Å². The number of hydrogen-bond acceptors (Lipinski definition) is 5. The molecule has 11 heteroatoms. The van der Waals surface area contributed by atoms with Crippen LogP contribution in [-0.4, -0.2) is 31.9 Å². The zero-order valence-corrected chi connectivity index (χ0v) is 17.7. The lowest BCUT2D eigenvalue weighted by Gasteiger charge is -2.13. The van der Waals surface area contributed by atoms with E-state index in [9.17, 15) is 22.8 Å². The molecule has 0 fully saturated rings. The quantitative estimate of drug-likeness (QED) is 0.321. The van der Waals surface area contributed by atoms with E-state index in [0.29, 0.717) is 35.1 Å². The van der Waals surface area contributed by atoms with Crippen LogP contribution in [0.2, 0.25) is 0 Å². The largest absolute Gasteiger partial charge is 0.477 e. The Balaban J connectivity index is 1.47. The second-order valence-corrected chi connectivity index (χ2v) is 7.57. The molecule has 0 atom stereocenters. The van der Waals surface area contributed by atoms with E-state index in [0.717, 1.165) is 23.4 Å². The average molecular weight is 469 g/mol. The van der Waals surface area contributed by atoms with Gasteiger partial charge in [-0.1, -0.05) is 6.07 Å². The van der Waals surface area contributed by atoms with Crippen LogP contribution in [0.3, 0.4) is 0 Å². The van der Waals surface area contributed by atoms with Crippen molar-refractivity contribution in [3.63, 3.8) is 0 Å². The number of aryl methyl sites for hydroxylation is 1. The molecule has 3 aromatic heterocycles. The Bertz CT molecular complexity index is 1400. The molecule has 0 unspecified atom stereocenters. The summed E-state index contributed by atoms with van der Waals surface area (Å²) < 4.78 is 38.7. The number of carbonyl (C=O) groups excluding carboxylic acids is 1. The molecule has 0 spiro atoms. The van der Waals surface area contributed by atoms with E-state index in [2.05, 4.69) is 25.6 Å². The molecule has 0 saturated carbocycles. The molecule has 3 heterocycles. The Morgan fingerprint density at radius 2 is 1.88 bits per heavy atom. The zero-order chi connectivity index (χ0) is 24.5. The van der Waals surface area contributed by atoms with Gasteiger partial charge >= 0.3 is 12.1 Å². The minimum Gasteiger partial charge on any atom is -0.477 e. The van der Waals surface area contributed by atoms with Gasteiger partial charge in [-0.25, -0.2) is 9.78 Å². The SMILES string of the molecule is Cc1ccc(NC(=O)c2cncc(C(F)(F)F)c2)cc1NCc1cnc2[nH]c(C(=O)O)cc2c1. The van der Waals surface area contributed by atoms with Crippen LogP contribution in [-0.2, 0) is 12.7 Å². The van der Waals surface area contributed by atoms with E-state index < -0.39 is 23.6 Å². The van der Waals surface area contributed by atoms with E-state index in [1.54, 1.807) is 30.5 Å². The Morgan fingerprint density at radius 1 is 1.09 bits per heavy atom. The molecule has 4 N–H and O–H groups in total. The predicted octanol–water partition coefficient (Wildman–Crippen LogP) is 4.85. The first kappa shape index (κ1) is 22.8. The highest BCUT2D eigenvalue weighted by molar-refractivity contribution is 6.04. The Labute approximate surface area is 190 Å². The van der Waals surface area contributed by atoms with Gasteiger partial charge in [0.2, 0.25) is 0 Å². The lowest BCUT2D eigenvalue weighted by Crippen LogP contribution is -2.15. The van der Waals surface area contributed by atoms with Crippen molar-refractivity contribution in [3.8, 4) is 0 Å². The van der Waals surface area contributed by atoms with Gasteiger partial charge in [-0.2, -0.15) is 13.2 Å². The summed E-state index contributed by atoms with van der Waals surface area (Å²) in [6, 6.07) is 9.11. The summed E-state index contributed by atoms with van der Waals surface area (Å²) in [6.07, 6.45) is -1.26. The van der Waals surface area contributed by atoms with Crippen LogP contribution in [0.4, 0.5) is 24.5 Å². The minimum absolute atomic E-state index is 0.0443. The number of amides is 1. The van der Waals surface area contributed by atoms with Gasteiger partial charge in [0.25, 0.3) is 5.91 Å². The Hall–Kier alpha value is -4.41. The summed E-state index contributed by atoms with van der Waals surface area (Å²) in [5.74, 6) is -1.79. The molecule has 4 rings (SSSR count). The first-order chi connectivity index (χ1) is 16.1. The summed E-state index contributed by atoms with van der Waals surface area (Å²) >= 11 is 0. The molecule has 0 saturated heterocycles. The van der Waals surface area contributed by atoms with Gasteiger partial charge in [-0.15, -0.1) is 0 Å². The first-order valence-corrected chi connectivity index (χ1v) is 9.99. The van der Waals surface area contributed by atoms with Gasteiger partial charge in [-0.05, 0) is 48.4 Å². The van der Waals surface area contributed by atoms with Crippen LogP contribution >= 0.6 is 0 Å². The molecule has 0 bridgehead atoms. The molecule has 174 valence electrons. The third-order valence-electron chi connectivity index (χ3n) is 5.06. The number of carbonyl (C=O) groups is 2. The second-order valence-electron chi connectivity index (χ2n) is 7.57. The van der Waals surface area contributed by atoms with Crippen LogP contribution in [0.1, 0.15) is 37.5 Å². The average Bonchev–Trinajstić information content (AvgIpc) is 3.23. The highest BCUT2D eigenvalue weighted by Gasteiger charge is 2.31. The lowest BCUT2D eigenvalue weighted by atomic mass is 10.1. The van der Waals surface area contributed by atoms with Gasteiger partial charge in [0.1, 0.15) is 11.3 Å². The fourth-order valence-corrected chi connectivity index (χ4v) is 3.28. The predicted molar refractivity (Wildman–Crippen MR) is 119 cm³/mol. The molecule has 0 aliphatic carbocycles. The standard InChI is InChI=1S/C23H18F3N5O3/c1-12-2-3-17(30-21(32)15-5-16(11-27-10-15)23(24,25)26)7-18(12)28-8-13-4-14-6-19(22(33)34)31-20(14)29-9-13/h2-7,9-11,28H,8H2,1H3,(H,29,31)(H,30,32)(H,33,34). The Kier molecular flexibility index (Phi) is 5.93. The van der Waals surface area contributed by atoms with Crippen molar-refractivity contribution in [3.05, 3.63) is 82.9 Å².